The van der Waals surface area contributed by atoms with Gasteiger partial charge in [0.25, 0.3) is 5.69 Å². The van der Waals surface area contributed by atoms with Crippen LogP contribution in [0.5, 0.6) is 0 Å². The summed E-state index contributed by atoms with van der Waals surface area (Å²) in [5.41, 5.74) is 1.45. The molecule has 0 fully saturated rings. The van der Waals surface area contributed by atoms with Crippen LogP contribution in [0.4, 0.5) is 11.4 Å². The van der Waals surface area contributed by atoms with E-state index < -0.39 is 4.92 Å². The third-order valence-electron chi connectivity index (χ3n) is 2.52. The molecule has 0 aliphatic rings. The van der Waals surface area contributed by atoms with Crippen LogP contribution in [0.2, 0.25) is 0 Å². The van der Waals surface area contributed by atoms with E-state index in [0.29, 0.717) is 25.5 Å². The van der Waals surface area contributed by atoms with Crippen LogP contribution in [0.15, 0.2) is 18.2 Å². The second-order valence-corrected chi connectivity index (χ2v) is 4.02. The largest absolute Gasteiger partial charge is 0.383 e. The number of hydrogen-bond acceptors (Lipinski definition) is 5. The zero-order chi connectivity index (χ0) is 14.1. The van der Waals surface area contributed by atoms with Gasteiger partial charge in [-0.1, -0.05) is 6.92 Å². The van der Waals surface area contributed by atoms with E-state index in [9.17, 15) is 10.1 Å². The lowest BCUT2D eigenvalue weighted by molar-refractivity contribution is -0.384. The number of hydrogen-bond donors (Lipinski definition) is 1. The Hall–Kier alpha value is -1.66. The van der Waals surface area contributed by atoms with Crippen molar-refractivity contribution in [1.29, 1.82) is 0 Å². The molecule has 6 nitrogen and oxygen atoms in total. The van der Waals surface area contributed by atoms with Crippen LogP contribution in [-0.4, -0.2) is 31.8 Å². The molecule has 0 aliphatic carbocycles. The van der Waals surface area contributed by atoms with Crippen LogP contribution >= 0.6 is 0 Å². The van der Waals surface area contributed by atoms with Crippen molar-refractivity contribution in [2.75, 3.05) is 32.2 Å². The Labute approximate surface area is 112 Å². The molecule has 0 radical (unpaired) electrons. The van der Waals surface area contributed by atoms with E-state index in [1.54, 1.807) is 19.2 Å². The number of nitrogens with one attached hydrogen (secondary N) is 1. The molecule has 0 amide bonds. The van der Waals surface area contributed by atoms with Crippen molar-refractivity contribution in [3.63, 3.8) is 0 Å². The lowest BCUT2D eigenvalue weighted by atomic mass is 10.2. The highest BCUT2D eigenvalue weighted by Crippen LogP contribution is 2.25. The second kappa shape index (κ2) is 8.44. The zero-order valence-corrected chi connectivity index (χ0v) is 11.3. The normalized spacial score (nSPS) is 10.4. The summed E-state index contributed by atoms with van der Waals surface area (Å²) in [6, 6.07) is 4.91. The zero-order valence-electron chi connectivity index (χ0n) is 11.3. The molecule has 0 unspecified atom stereocenters. The molecule has 1 N–H and O–H groups in total. The fourth-order valence-corrected chi connectivity index (χ4v) is 1.59. The van der Waals surface area contributed by atoms with Gasteiger partial charge in [0.15, 0.2) is 0 Å². The molecular weight excluding hydrogens is 248 g/mol. The first kappa shape index (κ1) is 15.4. The number of benzene rings is 1. The van der Waals surface area contributed by atoms with Crippen LogP contribution in [0.1, 0.15) is 18.9 Å². The maximum atomic E-state index is 10.8. The second-order valence-electron chi connectivity index (χ2n) is 4.02. The third-order valence-corrected chi connectivity index (χ3v) is 2.52. The lowest BCUT2D eigenvalue weighted by Crippen LogP contribution is -2.05. The molecule has 1 aromatic rings. The van der Waals surface area contributed by atoms with E-state index in [4.69, 9.17) is 9.47 Å². The minimum Gasteiger partial charge on any atom is -0.383 e. The Bertz CT molecular complexity index is 410. The maximum Gasteiger partial charge on any atom is 0.292 e. The van der Waals surface area contributed by atoms with E-state index in [1.165, 1.54) is 6.07 Å². The Morgan fingerprint density at radius 3 is 2.63 bits per heavy atom. The number of anilines is 1. The van der Waals surface area contributed by atoms with Gasteiger partial charge in [0.05, 0.1) is 24.7 Å². The van der Waals surface area contributed by atoms with E-state index >= 15 is 0 Å². The summed E-state index contributed by atoms with van der Waals surface area (Å²) >= 11 is 0. The minimum absolute atomic E-state index is 0.0672. The van der Waals surface area contributed by atoms with Gasteiger partial charge in [-0.3, -0.25) is 10.1 Å². The van der Waals surface area contributed by atoms with E-state index in [2.05, 4.69) is 12.2 Å². The van der Waals surface area contributed by atoms with Crippen molar-refractivity contribution < 1.29 is 14.4 Å². The van der Waals surface area contributed by atoms with Gasteiger partial charge in [-0.25, -0.2) is 0 Å². The summed E-state index contributed by atoms with van der Waals surface area (Å²) in [5, 5.41) is 13.6. The standard InChI is InChI=1S/C13H20N2O4/c1-3-6-18-7-8-19-10-11-4-5-13(15(16)17)12(9-11)14-2/h4-5,9,14H,3,6-8,10H2,1-2H3. The first-order valence-electron chi connectivity index (χ1n) is 6.29. The molecule has 0 heterocycles. The predicted molar refractivity (Wildman–Crippen MR) is 73.4 cm³/mol. The van der Waals surface area contributed by atoms with Crippen LogP contribution in [-0.2, 0) is 16.1 Å². The van der Waals surface area contributed by atoms with Crippen LogP contribution in [0.25, 0.3) is 0 Å². The molecule has 0 bridgehead atoms. The molecule has 0 saturated heterocycles. The molecule has 0 aliphatic heterocycles. The highest BCUT2D eigenvalue weighted by molar-refractivity contribution is 5.62. The van der Waals surface area contributed by atoms with Gasteiger partial charge in [0.2, 0.25) is 0 Å². The topological polar surface area (TPSA) is 73.6 Å². The quantitative estimate of drug-likeness (QED) is 0.423. The van der Waals surface area contributed by atoms with Crippen molar-refractivity contribution in [3.05, 3.63) is 33.9 Å². The van der Waals surface area contributed by atoms with Gasteiger partial charge >= 0.3 is 0 Å². The number of rotatable bonds is 9. The molecule has 19 heavy (non-hydrogen) atoms. The maximum absolute atomic E-state index is 10.8. The van der Waals surface area contributed by atoms with Gasteiger partial charge in [-0.15, -0.1) is 0 Å². The molecule has 0 saturated carbocycles. The van der Waals surface area contributed by atoms with Crippen LogP contribution in [0, 0.1) is 10.1 Å². The average molecular weight is 268 g/mol. The number of nitro benzene ring substituents is 1. The summed E-state index contributed by atoms with van der Waals surface area (Å²) in [6.45, 7) is 4.30. The van der Waals surface area contributed by atoms with Crippen molar-refractivity contribution in [2.45, 2.75) is 20.0 Å². The molecule has 106 valence electrons. The molecule has 0 aromatic heterocycles. The number of nitrogens with zero attached hydrogens (tertiary/aromatic N) is 1. The molecule has 1 aromatic carbocycles. The fourth-order valence-electron chi connectivity index (χ4n) is 1.59. The van der Waals surface area contributed by atoms with Crippen molar-refractivity contribution in [3.8, 4) is 0 Å². The molecule has 0 spiro atoms. The monoisotopic (exact) mass is 268 g/mol. The first-order valence-corrected chi connectivity index (χ1v) is 6.29. The smallest absolute Gasteiger partial charge is 0.292 e. The fraction of sp³-hybridized carbons (Fsp3) is 0.538. The van der Waals surface area contributed by atoms with E-state index in [-0.39, 0.29) is 5.69 Å². The summed E-state index contributed by atoms with van der Waals surface area (Å²) in [5.74, 6) is 0. The average Bonchev–Trinajstić information content (AvgIpc) is 2.42. The lowest BCUT2D eigenvalue weighted by Gasteiger charge is -2.07. The Morgan fingerprint density at radius 1 is 1.26 bits per heavy atom. The first-order chi connectivity index (χ1) is 9.19. The van der Waals surface area contributed by atoms with Crippen LogP contribution < -0.4 is 5.32 Å². The molecule has 6 heteroatoms. The van der Waals surface area contributed by atoms with Crippen LogP contribution in [0.3, 0.4) is 0 Å². The SMILES string of the molecule is CCCOCCOCc1ccc([N+](=O)[O-])c(NC)c1. The predicted octanol–water partition coefficient (Wildman–Crippen LogP) is 2.58. The Morgan fingerprint density at radius 2 is 2.00 bits per heavy atom. The van der Waals surface area contributed by atoms with Gasteiger partial charge < -0.3 is 14.8 Å². The van der Waals surface area contributed by atoms with Gasteiger partial charge in [0, 0.05) is 19.7 Å². The van der Waals surface area contributed by atoms with Crippen molar-refractivity contribution in [1.82, 2.24) is 0 Å². The van der Waals surface area contributed by atoms with E-state index in [0.717, 1.165) is 18.6 Å². The summed E-state index contributed by atoms with van der Waals surface area (Å²) in [6.07, 6.45) is 0.994. The minimum atomic E-state index is -0.408. The molecule has 1 rings (SSSR count). The van der Waals surface area contributed by atoms with Gasteiger partial charge in [0.1, 0.15) is 5.69 Å². The Kier molecular flexibility index (Phi) is 6.84. The van der Waals surface area contributed by atoms with Gasteiger partial charge in [-0.2, -0.15) is 0 Å². The highest BCUT2D eigenvalue weighted by atomic mass is 16.6. The molecule has 0 atom stereocenters. The molecular formula is C13H20N2O4. The number of nitro groups is 1. The summed E-state index contributed by atoms with van der Waals surface area (Å²) < 4.78 is 10.7. The van der Waals surface area contributed by atoms with Gasteiger partial charge in [-0.05, 0) is 24.1 Å². The van der Waals surface area contributed by atoms with Crippen molar-refractivity contribution in [2.24, 2.45) is 0 Å². The third kappa shape index (κ3) is 5.23. The number of ether oxygens (including phenoxy) is 2. The summed E-state index contributed by atoms with van der Waals surface area (Å²) in [7, 11) is 1.66. The van der Waals surface area contributed by atoms with Crippen molar-refractivity contribution >= 4 is 11.4 Å². The summed E-state index contributed by atoms with van der Waals surface area (Å²) in [4.78, 5) is 10.4. The highest BCUT2D eigenvalue weighted by Gasteiger charge is 2.12. The Balaban J connectivity index is 2.44. The van der Waals surface area contributed by atoms with E-state index in [1.807, 2.05) is 0 Å².